The van der Waals surface area contributed by atoms with E-state index in [1.807, 2.05) is 25.9 Å². The Bertz CT molecular complexity index is 442. The maximum absolute atomic E-state index is 4.65. The number of hydrogen-bond donors (Lipinski definition) is 0. The molecule has 112 valence electrons. The Morgan fingerprint density at radius 1 is 1.20 bits per heavy atom. The van der Waals surface area contributed by atoms with E-state index in [0.717, 1.165) is 17.9 Å². The summed E-state index contributed by atoms with van der Waals surface area (Å²) in [5.41, 5.74) is 2.92. The van der Waals surface area contributed by atoms with Crippen LogP contribution in [0.15, 0.2) is 29.3 Å². The zero-order valence-corrected chi connectivity index (χ0v) is 14.0. The highest BCUT2D eigenvalue weighted by atomic mass is 15.1. The van der Waals surface area contributed by atoms with Gasteiger partial charge < -0.3 is 4.90 Å². The molecule has 0 heterocycles. The van der Waals surface area contributed by atoms with Gasteiger partial charge in [-0.1, -0.05) is 45.7 Å². The molecule has 0 saturated carbocycles. The van der Waals surface area contributed by atoms with E-state index in [2.05, 4.69) is 50.0 Å². The lowest BCUT2D eigenvalue weighted by Crippen LogP contribution is -2.17. The molecule has 2 nitrogen and oxygen atoms in total. The molecule has 0 aliphatic heterocycles. The normalized spacial score (nSPS) is 12.6. The Morgan fingerprint density at radius 3 is 2.40 bits per heavy atom. The summed E-state index contributed by atoms with van der Waals surface area (Å²) in [6.45, 7) is 9.03. The summed E-state index contributed by atoms with van der Waals surface area (Å²) < 4.78 is 0. The third kappa shape index (κ3) is 4.99. The van der Waals surface area contributed by atoms with Crippen molar-refractivity contribution < 1.29 is 0 Å². The molecule has 0 amide bonds. The van der Waals surface area contributed by atoms with Crippen LogP contribution in [0.3, 0.4) is 0 Å². The van der Waals surface area contributed by atoms with E-state index in [9.17, 15) is 0 Å². The Morgan fingerprint density at radius 2 is 1.85 bits per heavy atom. The number of nitrogens with zero attached hydrogens (tertiary/aromatic N) is 2. The van der Waals surface area contributed by atoms with Gasteiger partial charge >= 0.3 is 0 Å². The average molecular weight is 274 g/mol. The van der Waals surface area contributed by atoms with Crippen molar-refractivity contribution in [3.8, 4) is 0 Å². The average Bonchev–Trinajstić information content (AvgIpc) is 2.45. The molecule has 1 rings (SSSR count). The minimum absolute atomic E-state index is 0.471. The van der Waals surface area contributed by atoms with Crippen LogP contribution in [0, 0.1) is 5.41 Å². The minimum atomic E-state index is 0.471. The zero-order chi connectivity index (χ0) is 15.2. The predicted octanol–water partition coefficient (Wildman–Crippen LogP) is 5.06. The zero-order valence-electron chi connectivity index (χ0n) is 14.0. The SMILES string of the molecule is CCC(C)(CC)CCc1cccc(N=C(C)N(C)C)c1. The fraction of sp³-hybridized carbons (Fsp3) is 0.611. The van der Waals surface area contributed by atoms with E-state index in [-0.39, 0.29) is 0 Å². The fourth-order valence-electron chi connectivity index (χ4n) is 2.12. The monoisotopic (exact) mass is 274 g/mol. The first-order chi connectivity index (χ1) is 9.40. The van der Waals surface area contributed by atoms with Crippen LogP contribution in [-0.2, 0) is 6.42 Å². The number of benzene rings is 1. The molecule has 0 atom stereocenters. The number of hydrogen-bond acceptors (Lipinski definition) is 1. The van der Waals surface area contributed by atoms with Crippen molar-refractivity contribution in [3.05, 3.63) is 29.8 Å². The van der Waals surface area contributed by atoms with E-state index in [4.69, 9.17) is 0 Å². The maximum Gasteiger partial charge on any atom is 0.101 e. The molecular formula is C18H30N2. The lowest BCUT2D eigenvalue weighted by molar-refractivity contribution is 0.273. The standard InChI is InChI=1S/C18H30N2/c1-7-18(4,8-2)13-12-16-10-9-11-17(14-16)19-15(3)20(5)6/h9-11,14H,7-8,12-13H2,1-6H3. The molecule has 20 heavy (non-hydrogen) atoms. The highest BCUT2D eigenvalue weighted by Gasteiger charge is 2.18. The highest BCUT2D eigenvalue weighted by molar-refractivity contribution is 5.82. The van der Waals surface area contributed by atoms with Crippen LogP contribution in [0.25, 0.3) is 0 Å². The van der Waals surface area contributed by atoms with Gasteiger partial charge in [0.1, 0.15) is 5.84 Å². The first kappa shape index (κ1) is 16.7. The Balaban J connectivity index is 2.77. The van der Waals surface area contributed by atoms with Gasteiger partial charge in [0.05, 0.1) is 5.69 Å². The van der Waals surface area contributed by atoms with Crippen molar-refractivity contribution in [3.63, 3.8) is 0 Å². The fourth-order valence-corrected chi connectivity index (χ4v) is 2.12. The van der Waals surface area contributed by atoms with Crippen LogP contribution in [-0.4, -0.2) is 24.8 Å². The van der Waals surface area contributed by atoms with Gasteiger partial charge in [-0.3, -0.25) is 0 Å². The van der Waals surface area contributed by atoms with Crippen LogP contribution in [0.2, 0.25) is 0 Å². The van der Waals surface area contributed by atoms with E-state index in [1.54, 1.807) is 0 Å². The van der Waals surface area contributed by atoms with E-state index < -0.39 is 0 Å². The second-order valence-corrected chi connectivity index (χ2v) is 6.24. The Hall–Kier alpha value is -1.31. The largest absolute Gasteiger partial charge is 0.366 e. The smallest absolute Gasteiger partial charge is 0.101 e. The number of aliphatic imine (C=N–C) groups is 1. The topological polar surface area (TPSA) is 15.6 Å². The summed E-state index contributed by atoms with van der Waals surface area (Å²) in [7, 11) is 4.05. The van der Waals surface area contributed by atoms with Crippen LogP contribution in [0.4, 0.5) is 5.69 Å². The Labute approximate surface area is 124 Å². The second kappa shape index (κ2) is 7.47. The molecule has 0 saturated heterocycles. The van der Waals surface area contributed by atoms with Crippen molar-refractivity contribution in [2.45, 2.75) is 53.4 Å². The van der Waals surface area contributed by atoms with Gasteiger partial charge in [0.2, 0.25) is 0 Å². The molecule has 0 fully saturated rings. The summed E-state index contributed by atoms with van der Waals surface area (Å²) in [5, 5.41) is 0. The van der Waals surface area contributed by atoms with Crippen molar-refractivity contribution in [1.82, 2.24) is 4.90 Å². The van der Waals surface area contributed by atoms with Gasteiger partial charge in [0.25, 0.3) is 0 Å². The van der Waals surface area contributed by atoms with Crippen molar-refractivity contribution in [2.75, 3.05) is 14.1 Å². The summed E-state index contributed by atoms with van der Waals surface area (Å²) in [6, 6.07) is 8.64. The van der Waals surface area contributed by atoms with E-state index in [1.165, 1.54) is 24.8 Å². The number of amidine groups is 1. The second-order valence-electron chi connectivity index (χ2n) is 6.24. The summed E-state index contributed by atoms with van der Waals surface area (Å²) >= 11 is 0. The third-order valence-corrected chi connectivity index (χ3v) is 4.57. The van der Waals surface area contributed by atoms with Gasteiger partial charge in [0.15, 0.2) is 0 Å². The third-order valence-electron chi connectivity index (χ3n) is 4.57. The molecule has 1 aromatic rings. The van der Waals surface area contributed by atoms with Gasteiger partial charge in [0, 0.05) is 14.1 Å². The molecule has 0 aliphatic rings. The van der Waals surface area contributed by atoms with Gasteiger partial charge in [-0.2, -0.15) is 0 Å². The minimum Gasteiger partial charge on any atom is -0.366 e. The van der Waals surface area contributed by atoms with Crippen molar-refractivity contribution in [1.29, 1.82) is 0 Å². The van der Waals surface area contributed by atoms with Crippen LogP contribution in [0.5, 0.6) is 0 Å². The molecule has 0 bridgehead atoms. The quantitative estimate of drug-likeness (QED) is 0.523. The van der Waals surface area contributed by atoms with Gasteiger partial charge in [-0.05, 0) is 42.9 Å². The molecule has 2 heteroatoms. The van der Waals surface area contributed by atoms with Crippen LogP contribution >= 0.6 is 0 Å². The molecule has 0 unspecified atom stereocenters. The first-order valence-corrected chi connectivity index (χ1v) is 7.72. The highest BCUT2D eigenvalue weighted by Crippen LogP contribution is 2.31. The van der Waals surface area contributed by atoms with Gasteiger partial charge in [-0.15, -0.1) is 0 Å². The molecular weight excluding hydrogens is 244 g/mol. The Kier molecular flexibility index (Phi) is 6.25. The molecule has 0 aliphatic carbocycles. The van der Waals surface area contributed by atoms with Crippen molar-refractivity contribution in [2.24, 2.45) is 10.4 Å². The van der Waals surface area contributed by atoms with Crippen LogP contribution < -0.4 is 0 Å². The lowest BCUT2D eigenvalue weighted by atomic mass is 9.79. The molecule has 0 spiro atoms. The number of aryl methyl sites for hydroxylation is 1. The van der Waals surface area contributed by atoms with Gasteiger partial charge in [-0.25, -0.2) is 4.99 Å². The lowest BCUT2D eigenvalue weighted by Gasteiger charge is -2.26. The van der Waals surface area contributed by atoms with Crippen molar-refractivity contribution >= 4 is 11.5 Å². The molecule has 0 N–H and O–H groups in total. The maximum atomic E-state index is 4.65. The summed E-state index contributed by atoms with van der Waals surface area (Å²) in [4.78, 5) is 6.69. The van der Waals surface area contributed by atoms with E-state index in [0.29, 0.717) is 5.41 Å². The van der Waals surface area contributed by atoms with E-state index >= 15 is 0 Å². The first-order valence-electron chi connectivity index (χ1n) is 7.72. The molecule has 1 aromatic carbocycles. The molecule has 0 aromatic heterocycles. The van der Waals surface area contributed by atoms with Crippen LogP contribution in [0.1, 0.15) is 52.5 Å². The summed E-state index contributed by atoms with van der Waals surface area (Å²) in [5.74, 6) is 1.04. The molecule has 0 radical (unpaired) electrons. The summed E-state index contributed by atoms with van der Waals surface area (Å²) in [6.07, 6.45) is 4.89. The number of rotatable bonds is 6. The predicted molar refractivity (Wildman–Crippen MR) is 89.9 cm³/mol.